The van der Waals surface area contributed by atoms with Crippen LogP contribution in [-0.2, 0) is 32.7 Å². The first-order valence-electron chi connectivity index (χ1n) is 14.2. The van der Waals surface area contributed by atoms with Gasteiger partial charge in [0.2, 0.25) is 17.7 Å². The highest BCUT2D eigenvalue weighted by Gasteiger charge is 2.25. The summed E-state index contributed by atoms with van der Waals surface area (Å²) in [4.78, 5) is 76.4. The summed E-state index contributed by atoms with van der Waals surface area (Å²) in [6, 6.07) is 1.11. The minimum Gasteiger partial charge on any atom is -0.362 e. The number of nitrogens with one attached hydrogen (secondary N) is 2. The third-order valence-corrected chi connectivity index (χ3v) is 7.62. The molecule has 0 saturated heterocycles. The summed E-state index contributed by atoms with van der Waals surface area (Å²) in [6.45, 7) is -2.21. The maximum Gasteiger partial charge on any atom is 0.472 e. The lowest BCUT2D eigenvalue weighted by Gasteiger charge is -2.26. The number of ether oxygens (including phenoxy) is 1. The van der Waals surface area contributed by atoms with E-state index in [0.717, 1.165) is 27.6 Å². The minimum atomic E-state index is -4.37. The highest BCUT2D eigenvalue weighted by atomic mass is 32.2. The van der Waals surface area contributed by atoms with E-state index < -0.39 is 56.1 Å². The second kappa shape index (κ2) is 21.0. The number of nitrogens with zero attached hydrogens (tertiary/aromatic N) is 5. The Morgan fingerprint density at radius 2 is 1.69 bits per heavy atom. The zero-order chi connectivity index (χ0) is 36.3. The zero-order valence-corrected chi connectivity index (χ0v) is 28.9. The molecule has 1 aromatic rings. The maximum absolute atomic E-state index is 12.9. The van der Waals surface area contributed by atoms with Crippen molar-refractivity contribution in [3.8, 4) is 24.7 Å². The predicted octanol–water partition coefficient (Wildman–Crippen LogP) is -0.662. The van der Waals surface area contributed by atoms with Gasteiger partial charge in [-0.1, -0.05) is 11.8 Å². The number of rotatable bonds is 22. The van der Waals surface area contributed by atoms with E-state index in [1.54, 1.807) is 6.26 Å². The Kier molecular flexibility index (Phi) is 18.4. The van der Waals surface area contributed by atoms with Gasteiger partial charge in [0.25, 0.3) is 5.91 Å². The van der Waals surface area contributed by atoms with Crippen molar-refractivity contribution in [1.29, 1.82) is 0 Å². The molecule has 4 amide bonds. The molecule has 20 heteroatoms. The molecule has 0 fully saturated rings. The molecule has 1 unspecified atom stereocenters. The van der Waals surface area contributed by atoms with Crippen LogP contribution in [0.1, 0.15) is 10.4 Å². The Morgan fingerprint density at radius 3 is 2.29 bits per heavy atom. The summed E-state index contributed by atoms with van der Waals surface area (Å²) < 4.78 is 27.6. The molecule has 3 N–H and O–H groups in total. The van der Waals surface area contributed by atoms with E-state index in [4.69, 9.17) is 26.6 Å². The van der Waals surface area contributed by atoms with Crippen LogP contribution in [0.25, 0.3) is 0 Å². The molecule has 1 rings (SSSR count). The summed E-state index contributed by atoms with van der Waals surface area (Å²) in [5.41, 5.74) is -0.325. The number of carbonyl (C=O) groups is 4. The lowest BCUT2D eigenvalue weighted by atomic mass is 10.2. The molecule has 48 heavy (non-hydrogen) atoms. The van der Waals surface area contributed by atoms with Crippen molar-refractivity contribution < 1.29 is 51.8 Å². The molecule has 18 nitrogen and oxygen atoms in total. The van der Waals surface area contributed by atoms with E-state index in [-0.39, 0.29) is 62.2 Å². The highest BCUT2D eigenvalue weighted by Crippen LogP contribution is 2.42. The third kappa shape index (κ3) is 16.7. The van der Waals surface area contributed by atoms with Crippen molar-refractivity contribution >= 4 is 48.9 Å². The van der Waals surface area contributed by atoms with Crippen LogP contribution in [-0.4, -0.2) is 152 Å². The number of thioether (sulfide) groups is 1. The number of pyridine rings is 1. The van der Waals surface area contributed by atoms with Crippen LogP contribution in [0.15, 0.2) is 17.3 Å². The lowest BCUT2D eigenvalue weighted by Crippen LogP contribution is -2.45. The van der Waals surface area contributed by atoms with Crippen LogP contribution in [0, 0.1) is 34.8 Å². The molecule has 0 radical (unpaired) electrons. The fourth-order valence-electron chi connectivity index (χ4n) is 3.45. The van der Waals surface area contributed by atoms with Gasteiger partial charge in [0.15, 0.2) is 5.03 Å². The van der Waals surface area contributed by atoms with Gasteiger partial charge in [0.1, 0.15) is 32.9 Å². The summed E-state index contributed by atoms with van der Waals surface area (Å²) in [5, 5.41) is 16.3. The van der Waals surface area contributed by atoms with Gasteiger partial charge < -0.3 is 34.5 Å². The van der Waals surface area contributed by atoms with Crippen molar-refractivity contribution in [2.75, 3.05) is 99.6 Å². The van der Waals surface area contributed by atoms with E-state index in [1.807, 2.05) is 21.1 Å². The summed E-state index contributed by atoms with van der Waals surface area (Å²) in [5.74, 6) is 2.00. The van der Waals surface area contributed by atoms with Gasteiger partial charge in [-0.05, 0) is 6.26 Å². The van der Waals surface area contributed by atoms with Gasteiger partial charge in [0.05, 0.1) is 51.3 Å². The molecular formula is C28H41N7O11PS+. The van der Waals surface area contributed by atoms with Crippen LogP contribution >= 0.6 is 19.6 Å². The van der Waals surface area contributed by atoms with Crippen molar-refractivity contribution in [2.45, 2.75) is 5.03 Å². The van der Waals surface area contributed by atoms with Gasteiger partial charge in [0, 0.05) is 31.9 Å². The Hall–Kier alpha value is -4.07. The van der Waals surface area contributed by atoms with Gasteiger partial charge >= 0.3 is 13.5 Å². The summed E-state index contributed by atoms with van der Waals surface area (Å²) >= 11 is 1.07. The largest absolute Gasteiger partial charge is 0.472 e. The number of phosphoric ester groups is 1. The number of amides is 4. The fraction of sp³-hybridized carbons (Fsp3) is 0.536. The standard InChI is InChI=1S/C28H40N7O11PS/c1-7-11-32(13-15-45-47(42,43)46-16-14-35(3,4)5)25(37)19-33(12-8-2)26(38)21-44-20-24(36)29-9-10-30-27(39)22-17-23(34(40)41)28(48-6)31-18-22/h1-2,17-18H,9-16,19-21H2,3-6H3,(H2-,29,30,36,39,42,43)/p+1. The molecule has 264 valence electrons. The number of hydrogen-bond acceptors (Lipinski definition) is 12. The maximum atomic E-state index is 12.9. The second-order valence-corrected chi connectivity index (χ2v) is 13.0. The van der Waals surface area contributed by atoms with Gasteiger partial charge in [-0.2, -0.15) is 0 Å². The smallest absolute Gasteiger partial charge is 0.362 e. The Labute approximate surface area is 283 Å². The van der Waals surface area contributed by atoms with Crippen LogP contribution in [0.5, 0.6) is 0 Å². The molecular weight excluding hydrogens is 673 g/mol. The van der Waals surface area contributed by atoms with Crippen LogP contribution < -0.4 is 10.6 Å². The monoisotopic (exact) mass is 714 g/mol. The number of carbonyl (C=O) groups excluding carboxylic acids is 4. The van der Waals surface area contributed by atoms with Gasteiger partial charge in [-0.15, -0.1) is 24.6 Å². The molecule has 1 atom stereocenters. The van der Waals surface area contributed by atoms with E-state index in [1.165, 1.54) is 6.20 Å². The molecule has 0 saturated carbocycles. The molecule has 0 aromatic carbocycles. The second-order valence-electron chi connectivity index (χ2n) is 10.7. The first kappa shape index (κ1) is 42.0. The van der Waals surface area contributed by atoms with E-state index >= 15 is 0 Å². The molecule has 0 bridgehead atoms. The number of phosphoric acid groups is 1. The van der Waals surface area contributed by atoms with Gasteiger partial charge in [-0.3, -0.25) is 38.3 Å². The molecule has 0 aliphatic rings. The molecule has 1 aromatic heterocycles. The average Bonchev–Trinajstić information content (AvgIpc) is 3.01. The highest BCUT2D eigenvalue weighted by molar-refractivity contribution is 7.98. The van der Waals surface area contributed by atoms with E-state index in [0.29, 0.717) is 11.0 Å². The quantitative estimate of drug-likeness (QED) is 0.0259. The van der Waals surface area contributed by atoms with Crippen LogP contribution in [0.4, 0.5) is 5.69 Å². The predicted molar refractivity (Wildman–Crippen MR) is 174 cm³/mol. The van der Waals surface area contributed by atoms with E-state index in [9.17, 15) is 38.8 Å². The minimum absolute atomic E-state index is 0.0131. The summed E-state index contributed by atoms with van der Waals surface area (Å²) in [6.07, 6.45) is 13.5. The molecule has 0 spiro atoms. The molecule has 0 aliphatic heterocycles. The first-order chi connectivity index (χ1) is 22.5. The van der Waals surface area contributed by atoms with E-state index in [2.05, 4.69) is 27.5 Å². The summed E-state index contributed by atoms with van der Waals surface area (Å²) in [7, 11) is 1.27. The fourth-order valence-corrected chi connectivity index (χ4v) is 4.65. The first-order valence-corrected chi connectivity index (χ1v) is 16.9. The van der Waals surface area contributed by atoms with Crippen molar-refractivity contribution in [1.82, 2.24) is 25.4 Å². The normalized spacial score (nSPS) is 12.1. The number of nitro groups is 1. The van der Waals surface area contributed by atoms with Crippen LogP contribution in [0.2, 0.25) is 0 Å². The lowest BCUT2D eigenvalue weighted by molar-refractivity contribution is -0.870. The Morgan fingerprint density at radius 1 is 1.06 bits per heavy atom. The van der Waals surface area contributed by atoms with Crippen molar-refractivity contribution in [2.24, 2.45) is 0 Å². The Bertz CT molecular complexity index is 1430. The van der Waals surface area contributed by atoms with Crippen LogP contribution in [0.3, 0.4) is 0 Å². The third-order valence-electron chi connectivity index (χ3n) is 5.90. The van der Waals surface area contributed by atoms with Gasteiger partial charge in [-0.25, -0.2) is 9.55 Å². The average molecular weight is 715 g/mol. The number of likely N-dealkylation sites (N-methyl/N-ethyl adjacent to an activating group) is 1. The number of hydrogen-bond donors (Lipinski definition) is 3. The van der Waals surface area contributed by atoms with Crippen molar-refractivity contribution in [3.05, 3.63) is 27.9 Å². The molecule has 1 heterocycles. The number of aromatic nitrogens is 1. The number of terminal acetylenes is 2. The van der Waals surface area contributed by atoms with Crippen molar-refractivity contribution in [3.63, 3.8) is 0 Å². The number of quaternary nitrogens is 1. The molecule has 0 aliphatic carbocycles. The SMILES string of the molecule is C#CCN(CCOP(=O)(O)OCC[N+](C)(C)C)C(=O)CN(CC#C)C(=O)COCC(=O)NCCNC(=O)c1cnc(SC)c([N+](=O)[O-])c1. The Balaban J connectivity index is 2.51. The zero-order valence-electron chi connectivity index (χ0n) is 27.2. The topological polar surface area (TPSA) is 220 Å².